The summed E-state index contributed by atoms with van der Waals surface area (Å²) in [6.45, 7) is 7.53. The minimum absolute atomic E-state index is 0.701. The third kappa shape index (κ3) is 2.40. The molecule has 0 N–H and O–H groups in total. The zero-order valence-electron chi connectivity index (χ0n) is 10.9. The summed E-state index contributed by atoms with van der Waals surface area (Å²) in [6.07, 6.45) is 12.0. The Morgan fingerprint density at radius 1 is 0.867 bits per heavy atom. The molecule has 0 saturated heterocycles. The summed E-state index contributed by atoms with van der Waals surface area (Å²) in [5.74, 6) is 3.04. The Labute approximate surface area is 95.8 Å². The van der Waals surface area contributed by atoms with E-state index >= 15 is 0 Å². The standard InChI is InChI=1S/C15H28/c1-12-8-10-15(3,11-9-12)14-7-5-4-6-13(14)2/h12-14H,4-11H2,1-3H3. The van der Waals surface area contributed by atoms with Crippen LogP contribution in [-0.2, 0) is 0 Å². The van der Waals surface area contributed by atoms with E-state index < -0.39 is 0 Å². The van der Waals surface area contributed by atoms with Crippen molar-refractivity contribution in [1.82, 2.24) is 0 Å². The Balaban J connectivity index is 2.00. The second-order valence-electron chi connectivity index (χ2n) is 6.70. The van der Waals surface area contributed by atoms with Gasteiger partial charge in [-0.25, -0.2) is 0 Å². The molecule has 0 spiro atoms. The van der Waals surface area contributed by atoms with Gasteiger partial charge in [0.25, 0.3) is 0 Å². The maximum Gasteiger partial charge on any atom is -0.0295 e. The molecule has 0 heteroatoms. The molecule has 2 aliphatic carbocycles. The molecule has 15 heavy (non-hydrogen) atoms. The lowest BCUT2D eigenvalue weighted by atomic mass is 9.58. The van der Waals surface area contributed by atoms with Gasteiger partial charge in [0.1, 0.15) is 0 Å². The van der Waals surface area contributed by atoms with E-state index in [1.807, 2.05) is 0 Å². The van der Waals surface area contributed by atoms with E-state index in [1.165, 1.54) is 51.4 Å². The van der Waals surface area contributed by atoms with Gasteiger partial charge < -0.3 is 0 Å². The zero-order valence-corrected chi connectivity index (χ0v) is 10.9. The predicted octanol–water partition coefficient (Wildman–Crippen LogP) is 5.03. The maximum atomic E-state index is 2.59. The summed E-state index contributed by atoms with van der Waals surface area (Å²) in [7, 11) is 0. The van der Waals surface area contributed by atoms with Crippen LogP contribution in [0.2, 0.25) is 0 Å². The normalized spacial score (nSPS) is 47.8. The van der Waals surface area contributed by atoms with Gasteiger partial charge in [0.2, 0.25) is 0 Å². The Hall–Kier alpha value is 0. The predicted molar refractivity (Wildman–Crippen MR) is 66.9 cm³/mol. The summed E-state index contributed by atoms with van der Waals surface area (Å²) in [5.41, 5.74) is 0.701. The van der Waals surface area contributed by atoms with E-state index in [1.54, 1.807) is 0 Å². The topological polar surface area (TPSA) is 0 Å². The first-order valence-electron chi connectivity index (χ1n) is 7.12. The highest BCUT2D eigenvalue weighted by atomic mass is 14.4. The fraction of sp³-hybridized carbons (Fsp3) is 1.00. The molecular formula is C15H28. The van der Waals surface area contributed by atoms with E-state index in [0.717, 1.165) is 17.8 Å². The number of hydrogen-bond acceptors (Lipinski definition) is 0. The van der Waals surface area contributed by atoms with Gasteiger partial charge in [0.15, 0.2) is 0 Å². The minimum Gasteiger partial charge on any atom is -0.0625 e. The van der Waals surface area contributed by atoms with Crippen molar-refractivity contribution in [2.45, 2.75) is 72.1 Å². The molecule has 2 saturated carbocycles. The van der Waals surface area contributed by atoms with Gasteiger partial charge in [-0.15, -0.1) is 0 Å². The molecule has 0 aromatic heterocycles. The second kappa shape index (κ2) is 4.47. The Kier molecular flexibility index (Phi) is 3.42. The highest BCUT2D eigenvalue weighted by molar-refractivity contribution is 4.90. The van der Waals surface area contributed by atoms with Gasteiger partial charge >= 0.3 is 0 Å². The first-order valence-corrected chi connectivity index (χ1v) is 7.12. The molecule has 88 valence electrons. The van der Waals surface area contributed by atoms with Gasteiger partial charge in [0, 0.05) is 0 Å². The smallest absolute Gasteiger partial charge is 0.0295 e. The van der Waals surface area contributed by atoms with Gasteiger partial charge in [-0.2, -0.15) is 0 Å². The van der Waals surface area contributed by atoms with Crippen LogP contribution in [0.1, 0.15) is 72.1 Å². The zero-order chi connectivity index (χ0) is 10.9. The van der Waals surface area contributed by atoms with Gasteiger partial charge in [-0.05, 0) is 42.4 Å². The molecular weight excluding hydrogens is 180 g/mol. The highest BCUT2D eigenvalue weighted by Crippen LogP contribution is 2.50. The monoisotopic (exact) mass is 208 g/mol. The van der Waals surface area contributed by atoms with E-state index in [0.29, 0.717) is 5.41 Å². The molecule has 0 aromatic carbocycles. The van der Waals surface area contributed by atoms with Crippen molar-refractivity contribution in [3.8, 4) is 0 Å². The average Bonchev–Trinajstić information content (AvgIpc) is 2.23. The van der Waals surface area contributed by atoms with E-state index in [2.05, 4.69) is 20.8 Å². The van der Waals surface area contributed by atoms with E-state index in [-0.39, 0.29) is 0 Å². The van der Waals surface area contributed by atoms with Crippen molar-refractivity contribution in [3.05, 3.63) is 0 Å². The molecule has 2 rings (SSSR count). The SMILES string of the molecule is CC1CCC(C)(C2CCCCC2C)CC1. The van der Waals surface area contributed by atoms with Crippen LogP contribution in [0.3, 0.4) is 0 Å². The van der Waals surface area contributed by atoms with Crippen LogP contribution in [0.25, 0.3) is 0 Å². The lowest BCUT2D eigenvalue weighted by Gasteiger charge is -2.47. The fourth-order valence-corrected chi connectivity index (χ4v) is 4.14. The fourth-order valence-electron chi connectivity index (χ4n) is 4.14. The molecule has 0 heterocycles. The van der Waals surface area contributed by atoms with Crippen LogP contribution in [-0.4, -0.2) is 0 Å². The first-order chi connectivity index (χ1) is 7.12. The third-order valence-electron chi connectivity index (χ3n) is 5.42. The highest BCUT2D eigenvalue weighted by Gasteiger charge is 2.40. The summed E-state index contributed by atoms with van der Waals surface area (Å²) >= 11 is 0. The van der Waals surface area contributed by atoms with Crippen molar-refractivity contribution in [2.75, 3.05) is 0 Å². The second-order valence-corrected chi connectivity index (χ2v) is 6.70. The first kappa shape index (κ1) is 11.5. The van der Waals surface area contributed by atoms with Gasteiger partial charge in [0.05, 0.1) is 0 Å². The quantitative estimate of drug-likeness (QED) is 0.567. The largest absolute Gasteiger partial charge is 0.0625 e. The van der Waals surface area contributed by atoms with Crippen molar-refractivity contribution >= 4 is 0 Å². The van der Waals surface area contributed by atoms with Gasteiger partial charge in [-0.3, -0.25) is 0 Å². The summed E-state index contributed by atoms with van der Waals surface area (Å²) < 4.78 is 0. The van der Waals surface area contributed by atoms with Crippen LogP contribution in [0.5, 0.6) is 0 Å². The van der Waals surface area contributed by atoms with Gasteiger partial charge in [-0.1, -0.05) is 52.9 Å². The molecule has 2 aliphatic rings. The molecule has 2 atom stereocenters. The van der Waals surface area contributed by atoms with Crippen molar-refractivity contribution in [1.29, 1.82) is 0 Å². The molecule has 0 bridgehead atoms. The third-order valence-corrected chi connectivity index (χ3v) is 5.42. The summed E-state index contributed by atoms with van der Waals surface area (Å²) in [6, 6.07) is 0. The van der Waals surface area contributed by atoms with Crippen LogP contribution >= 0.6 is 0 Å². The average molecular weight is 208 g/mol. The van der Waals surface area contributed by atoms with Crippen LogP contribution < -0.4 is 0 Å². The molecule has 0 aromatic rings. The summed E-state index contributed by atoms with van der Waals surface area (Å²) in [4.78, 5) is 0. The Bertz CT molecular complexity index is 198. The van der Waals surface area contributed by atoms with Crippen LogP contribution in [0.4, 0.5) is 0 Å². The van der Waals surface area contributed by atoms with E-state index in [4.69, 9.17) is 0 Å². The Morgan fingerprint density at radius 2 is 1.47 bits per heavy atom. The minimum atomic E-state index is 0.701. The number of hydrogen-bond donors (Lipinski definition) is 0. The van der Waals surface area contributed by atoms with Crippen molar-refractivity contribution in [3.63, 3.8) is 0 Å². The van der Waals surface area contributed by atoms with Crippen molar-refractivity contribution in [2.24, 2.45) is 23.2 Å². The van der Waals surface area contributed by atoms with E-state index in [9.17, 15) is 0 Å². The lowest BCUT2D eigenvalue weighted by Crippen LogP contribution is -2.37. The molecule has 0 radical (unpaired) electrons. The molecule has 2 fully saturated rings. The molecule has 0 amide bonds. The van der Waals surface area contributed by atoms with Crippen molar-refractivity contribution < 1.29 is 0 Å². The van der Waals surface area contributed by atoms with Crippen LogP contribution in [0.15, 0.2) is 0 Å². The number of rotatable bonds is 1. The Morgan fingerprint density at radius 3 is 2.07 bits per heavy atom. The molecule has 0 aliphatic heterocycles. The maximum absolute atomic E-state index is 2.59. The lowest BCUT2D eigenvalue weighted by molar-refractivity contribution is 0.0362. The molecule has 0 nitrogen and oxygen atoms in total. The van der Waals surface area contributed by atoms with Crippen LogP contribution in [0, 0.1) is 23.2 Å². The molecule has 2 unspecified atom stereocenters. The summed E-state index contributed by atoms with van der Waals surface area (Å²) in [5, 5.41) is 0.